The molecule has 8 heteroatoms. The van der Waals surface area contributed by atoms with Gasteiger partial charge in [0.15, 0.2) is 11.2 Å². The monoisotopic (exact) mass is 632 g/mol. The SMILES string of the molecule is C1=CC=CC(n2ccnc2)=C(c2ccc3oc4c(-c5ccc6oc7c(-c8ccccc8-n8ccnc8)ccnc7c6c5)ccnc4c3c2)C=1. The molecule has 1 aliphatic rings. The van der Waals surface area contributed by atoms with E-state index in [9.17, 15) is 0 Å². The number of pyridine rings is 2. The van der Waals surface area contributed by atoms with Crippen molar-refractivity contribution >= 4 is 55.4 Å². The van der Waals surface area contributed by atoms with Crippen LogP contribution in [0.1, 0.15) is 5.56 Å². The lowest BCUT2D eigenvalue weighted by Crippen LogP contribution is -1.95. The molecule has 1 aliphatic carbocycles. The van der Waals surface area contributed by atoms with E-state index in [2.05, 4.69) is 58.2 Å². The van der Waals surface area contributed by atoms with Crippen LogP contribution < -0.4 is 0 Å². The van der Waals surface area contributed by atoms with E-state index < -0.39 is 0 Å². The van der Waals surface area contributed by atoms with E-state index in [1.54, 1.807) is 25.0 Å². The van der Waals surface area contributed by atoms with E-state index in [4.69, 9.17) is 18.8 Å². The normalized spacial score (nSPS) is 13.1. The number of hydrogen-bond donors (Lipinski definition) is 0. The fourth-order valence-electron chi connectivity index (χ4n) is 6.77. The largest absolute Gasteiger partial charge is 0.454 e. The smallest absolute Gasteiger partial charge is 0.161 e. The highest BCUT2D eigenvalue weighted by atomic mass is 16.3. The second kappa shape index (κ2) is 10.8. The molecule has 0 saturated heterocycles. The molecule has 0 saturated carbocycles. The van der Waals surface area contributed by atoms with Gasteiger partial charge >= 0.3 is 0 Å². The summed E-state index contributed by atoms with van der Waals surface area (Å²) in [6.07, 6.45) is 22.7. The van der Waals surface area contributed by atoms with Crippen molar-refractivity contribution in [1.29, 1.82) is 0 Å². The summed E-state index contributed by atoms with van der Waals surface area (Å²) in [5.74, 6) is 0. The van der Waals surface area contributed by atoms with Crippen LogP contribution in [0.15, 0.2) is 162 Å². The Morgan fingerprint density at radius 2 is 1.29 bits per heavy atom. The van der Waals surface area contributed by atoms with Crippen LogP contribution in [0.2, 0.25) is 0 Å². The summed E-state index contributed by atoms with van der Waals surface area (Å²) in [5, 5.41) is 1.87. The summed E-state index contributed by atoms with van der Waals surface area (Å²) in [5.41, 5.74) is 15.8. The Labute approximate surface area is 278 Å². The predicted molar refractivity (Wildman–Crippen MR) is 192 cm³/mol. The number of rotatable bonds is 5. The number of fused-ring (bicyclic) bond motifs is 6. The van der Waals surface area contributed by atoms with Crippen molar-refractivity contribution in [3.63, 3.8) is 0 Å². The highest BCUT2D eigenvalue weighted by Gasteiger charge is 2.19. The van der Waals surface area contributed by atoms with Gasteiger partial charge < -0.3 is 18.0 Å². The molecule has 0 spiro atoms. The van der Waals surface area contributed by atoms with Crippen molar-refractivity contribution in [3.05, 3.63) is 158 Å². The number of allylic oxidation sites excluding steroid dienone is 5. The number of aromatic nitrogens is 6. The maximum Gasteiger partial charge on any atom is 0.161 e. The molecule has 0 aliphatic heterocycles. The van der Waals surface area contributed by atoms with Crippen LogP contribution in [-0.4, -0.2) is 29.1 Å². The summed E-state index contributed by atoms with van der Waals surface area (Å²) in [6.45, 7) is 0. The number of benzene rings is 3. The lowest BCUT2D eigenvalue weighted by molar-refractivity contribution is 0.668. The molecule has 0 bridgehead atoms. The van der Waals surface area contributed by atoms with Gasteiger partial charge in [-0.15, -0.1) is 5.73 Å². The molecule has 0 atom stereocenters. The molecule has 6 aromatic heterocycles. The quantitative estimate of drug-likeness (QED) is 0.176. The number of para-hydroxylation sites is 1. The van der Waals surface area contributed by atoms with E-state index in [0.29, 0.717) is 0 Å². The first-order valence-corrected chi connectivity index (χ1v) is 15.8. The van der Waals surface area contributed by atoms with Gasteiger partial charge in [0.2, 0.25) is 0 Å². The fraction of sp³-hybridized carbons (Fsp3) is 0. The van der Waals surface area contributed by atoms with Gasteiger partial charge in [0, 0.05) is 70.2 Å². The van der Waals surface area contributed by atoms with Crippen molar-refractivity contribution in [1.82, 2.24) is 29.1 Å². The van der Waals surface area contributed by atoms with Gasteiger partial charge in [0.05, 0.1) is 24.0 Å². The van der Waals surface area contributed by atoms with Crippen molar-refractivity contribution in [2.75, 3.05) is 0 Å². The molecule has 0 N–H and O–H groups in total. The predicted octanol–water partition coefficient (Wildman–Crippen LogP) is 9.64. The molecule has 230 valence electrons. The second-order valence-electron chi connectivity index (χ2n) is 11.8. The van der Waals surface area contributed by atoms with Crippen LogP contribution in [0.3, 0.4) is 0 Å². The lowest BCUT2D eigenvalue weighted by atomic mass is 10.00. The second-order valence-corrected chi connectivity index (χ2v) is 11.8. The Morgan fingerprint density at radius 3 is 2.04 bits per heavy atom. The zero-order valence-corrected chi connectivity index (χ0v) is 25.9. The molecular weight excluding hydrogens is 608 g/mol. The zero-order chi connectivity index (χ0) is 32.3. The molecule has 3 aromatic carbocycles. The minimum Gasteiger partial charge on any atom is -0.454 e. The van der Waals surface area contributed by atoms with Gasteiger partial charge in [-0.3, -0.25) is 9.97 Å². The third kappa shape index (κ3) is 4.33. The maximum absolute atomic E-state index is 6.52. The molecule has 0 unspecified atom stereocenters. The number of furan rings is 2. The Morgan fingerprint density at radius 1 is 0.612 bits per heavy atom. The van der Waals surface area contributed by atoms with Gasteiger partial charge in [0.25, 0.3) is 0 Å². The molecule has 49 heavy (non-hydrogen) atoms. The summed E-state index contributed by atoms with van der Waals surface area (Å²) in [6, 6.07) is 24.7. The van der Waals surface area contributed by atoms with Crippen molar-refractivity contribution in [2.45, 2.75) is 0 Å². The Kier molecular flexibility index (Phi) is 5.96. The summed E-state index contributed by atoms with van der Waals surface area (Å²) < 4.78 is 17.0. The highest BCUT2D eigenvalue weighted by molar-refractivity contribution is 6.12. The first kappa shape index (κ1) is 27.1. The first-order valence-electron chi connectivity index (χ1n) is 15.8. The van der Waals surface area contributed by atoms with Crippen LogP contribution in [0, 0.1) is 0 Å². The van der Waals surface area contributed by atoms with E-state index in [-0.39, 0.29) is 0 Å². The third-order valence-electron chi connectivity index (χ3n) is 9.03. The Bertz CT molecular complexity index is 2860. The summed E-state index contributed by atoms with van der Waals surface area (Å²) >= 11 is 0. The van der Waals surface area contributed by atoms with Crippen LogP contribution in [0.4, 0.5) is 0 Å². The van der Waals surface area contributed by atoms with Crippen molar-refractivity contribution in [2.24, 2.45) is 0 Å². The molecule has 8 nitrogen and oxygen atoms in total. The molecule has 0 fully saturated rings. The lowest BCUT2D eigenvalue weighted by Gasteiger charge is -2.10. The van der Waals surface area contributed by atoms with Gasteiger partial charge in [-0.25, -0.2) is 9.97 Å². The van der Waals surface area contributed by atoms with Gasteiger partial charge in [-0.2, -0.15) is 0 Å². The van der Waals surface area contributed by atoms with Crippen molar-refractivity contribution < 1.29 is 8.83 Å². The topological polar surface area (TPSA) is 87.7 Å². The molecule has 6 heterocycles. The average Bonchev–Trinajstić information content (AvgIpc) is 3.96. The highest BCUT2D eigenvalue weighted by Crippen LogP contribution is 2.41. The maximum atomic E-state index is 6.52. The third-order valence-corrected chi connectivity index (χ3v) is 9.03. The fourth-order valence-corrected chi connectivity index (χ4v) is 6.77. The average molecular weight is 633 g/mol. The summed E-state index contributed by atoms with van der Waals surface area (Å²) in [7, 11) is 0. The van der Waals surface area contributed by atoms with Crippen LogP contribution >= 0.6 is 0 Å². The number of imidazole rings is 2. The number of nitrogens with zero attached hydrogens (tertiary/aromatic N) is 6. The van der Waals surface area contributed by atoms with E-state index in [1.807, 2.05) is 88.5 Å². The molecule has 0 radical (unpaired) electrons. The number of hydrogen-bond acceptors (Lipinski definition) is 6. The van der Waals surface area contributed by atoms with Crippen molar-refractivity contribution in [3.8, 4) is 27.9 Å². The van der Waals surface area contributed by atoms with E-state index >= 15 is 0 Å². The molecular formula is C41H24N6O2. The first-order chi connectivity index (χ1) is 24.3. The molecule has 10 rings (SSSR count). The van der Waals surface area contributed by atoms with E-state index in [1.165, 1.54) is 0 Å². The summed E-state index contributed by atoms with van der Waals surface area (Å²) in [4.78, 5) is 18.1. The molecule has 9 aromatic rings. The zero-order valence-electron chi connectivity index (χ0n) is 25.9. The van der Waals surface area contributed by atoms with Crippen LogP contribution in [0.25, 0.3) is 83.3 Å². The van der Waals surface area contributed by atoms with Gasteiger partial charge in [-0.1, -0.05) is 36.4 Å². The Hall–Kier alpha value is -7.02. The minimum atomic E-state index is 0.727. The molecule has 0 amide bonds. The minimum absolute atomic E-state index is 0.727. The van der Waals surface area contributed by atoms with Crippen LogP contribution in [-0.2, 0) is 0 Å². The standard InChI is InChI=1S/C41H24N6O2/c1-2-6-28(34(8-3-1)46-20-18-42-24-46)26-10-12-36-32(22-26)38-40(48-36)29(14-16-44-38)27-11-13-37-33(23-27)39-41(49-37)31(15-17-45-39)30-7-4-5-9-35(30)47-21-19-43-25-47/h1,3-25H. The van der Waals surface area contributed by atoms with Crippen LogP contribution in [0.5, 0.6) is 0 Å². The Balaban J connectivity index is 1.11. The van der Waals surface area contributed by atoms with E-state index in [0.717, 1.165) is 88.9 Å². The van der Waals surface area contributed by atoms with Gasteiger partial charge in [0.1, 0.15) is 22.2 Å². The van der Waals surface area contributed by atoms with Gasteiger partial charge in [-0.05, 0) is 71.8 Å².